The number of esters is 1. The van der Waals surface area contributed by atoms with Gasteiger partial charge in [-0.3, -0.25) is 4.79 Å². The minimum absolute atomic E-state index is 0.0258. The van der Waals surface area contributed by atoms with E-state index in [9.17, 15) is 14.0 Å². The zero-order chi connectivity index (χ0) is 18.5. The molecule has 6 nitrogen and oxygen atoms in total. The lowest BCUT2D eigenvalue weighted by molar-refractivity contribution is -0.124. The molecule has 2 aromatic rings. The number of ether oxygens (including phenoxy) is 3. The Morgan fingerprint density at radius 2 is 2.04 bits per heavy atom. The molecule has 0 bridgehead atoms. The van der Waals surface area contributed by atoms with Crippen LogP contribution in [0.1, 0.15) is 15.9 Å². The Balaban J connectivity index is 1.46. The fraction of sp³-hybridized carbons (Fsp3) is 0.222. The number of hydrogen-bond donors (Lipinski definition) is 1. The molecule has 136 valence electrons. The summed E-state index contributed by atoms with van der Waals surface area (Å²) in [5.41, 5.74) is 0.651. The largest absolute Gasteiger partial charge is 0.454 e. The smallest absolute Gasteiger partial charge is 0.338 e. The number of rotatable bonds is 6. The van der Waals surface area contributed by atoms with Gasteiger partial charge in [0.15, 0.2) is 18.1 Å². The molecule has 0 aromatic heterocycles. The van der Waals surface area contributed by atoms with Crippen LogP contribution in [0, 0.1) is 5.82 Å². The molecule has 0 aliphatic carbocycles. The first-order chi connectivity index (χ1) is 12.5. The molecule has 3 rings (SSSR count). The van der Waals surface area contributed by atoms with Gasteiger partial charge in [-0.25, -0.2) is 9.18 Å². The maximum Gasteiger partial charge on any atom is 0.338 e. The van der Waals surface area contributed by atoms with Crippen LogP contribution in [0.5, 0.6) is 11.5 Å². The van der Waals surface area contributed by atoms with Gasteiger partial charge in [0.1, 0.15) is 5.82 Å². The topological polar surface area (TPSA) is 73.9 Å². The average molecular weight is 380 g/mol. The molecule has 0 spiro atoms. The molecule has 1 amide bonds. The first-order valence-corrected chi connectivity index (χ1v) is 8.19. The summed E-state index contributed by atoms with van der Waals surface area (Å²) in [7, 11) is 0. The van der Waals surface area contributed by atoms with Crippen LogP contribution in [-0.2, 0) is 16.0 Å². The molecule has 0 saturated carbocycles. The SMILES string of the molecule is O=C(COC(=O)c1cc(Cl)c2c(c1)OCO2)NCCc1ccccc1F. The van der Waals surface area contributed by atoms with Crippen LogP contribution in [0.3, 0.4) is 0 Å². The maximum atomic E-state index is 13.5. The molecule has 1 heterocycles. The van der Waals surface area contributed by atoms with E-state index in [0.717, 1.165) is 0 Å². The summed E-state index contributed by atoms with van der Waals surface area (Å²) in [6.45, 7) is -0.201. The second-order valence-corrected chi connectivity index (χ2v) is 5.87. The van der Waals surface area contributed by atoms with Crippen molar-refractivity contribution >= 4 is 23.5 Å². The molecule has 1 aliphatic heterocycles. The summed E-state index contributed by atoms with van der Waals surface area (Å²) in [6.07, 6.45) is 0.337. The van der Waals surface area contributed by atoms with Gasteiger partial charge in [0.05, 0.1) is 10.6 Å². The van der Waals surface area contributed by atoms with Gasteiger partial charge in [-0.05, 0) is 30.2 Å². The highest BCUT2D eigenvalue weighted by Gasteiger charge is 2.21. The van der Waals surface area contributed by atoms with Crippen molar-refractivity contribution in [2.45, 2.75) is 6.42 Å². The Hall–Kier alpha value is -2.80. The van der Waals surface area contributed by atoms with Crippen LogP contribution in [0.2, 0.25) is 5.02 Å². The fourth-order valence-electron chi connectivity index (χ4n) is 2.39. The number of fused-ring (bicyclic) bond motifs is 1. The van der Waals surface area contributed by atoms with Crippen molar-refractivity contribution in [3.05, 3.63) is 58.4 Å². The zero-order valence-electron chi connectivity index (χ0n) is 13.6. The number of hydrogen-bond acceptors (Lipinski definition) is 5. The summed E-state index contributed by atoms with van der Waals surface area (Å²) >= 11 is 6.00. The highest BCUT2D eigenvalue weighted by molar-refractivity contribution is 6.32. The van der Waals surface area contributed by atoms with Crippen molar-refractivity contribution < 1.29 is 28.2 Å². The lowest BCUT2D eigenvalue weighted by atomic mass is 10.1. The highest BCUT2D eigenvalue weighted by Crippen LogP contribution is 2.39. The van der Waals surface area contributed by atoms with Gasteiger partial charge in [0, 0.05) is 6.54 Å². The van der Waals surface area contributed by atoms with E-state index in [2.05, 4.69) is 5.32 Å². The Bertz CT molecular complexity index is 842. The predicted octanol–water partition coefficient (Wildman–Crippen LogP) is 2.72. The van der Waals surface area contributed by atoms with Gasteiger partial charge < -0.3 is 19.5 Å². The summed E-state index contributed by atoms with van der Waals surface area (Å²) in [4.78, 5) is 23.8. The number of carbonyl (C=O) groups is 2. The van der Waals surface area contributed by atoms with Crippen LogP contribution in [0.4, 0.5) is 4.39 Å². The Morgan fingerprint density at radius 3 is 2.85 bits per heavy atom. The number of amides is 1. The van der Waals surface area contributed by atoms with E-state index in [1.165, 1.54) is 18.2 Å². The van der Waals surface area contributed by atoms with Crippen molar-refractivity contribution in [1.82, 2.24) is 5.32 Å². The third kappa shape index (κ3) is 4.23. The molecule has 0 fully saturated rings. The monoisotopic (exact) mass is 379 g/mol. The molecular formula is C18H15ClFNO5. The van der Waals surface area contributed by atoms with Gasteiger partial charge >= 0.3 is 5.97 Å². The van der Waals surface area contributed by atoms with Gasteiger partial charge in [-0.2, -0.15) is 0 Å². The molecule has 1 aliphatic rings. The third-order valence-corrected chi connectivity index (χ3v) is 3.95. The van der Waals surface area contributed by atoms with Crippen LogP contribution in [0.15, 0.2) is 36.4 Å². The first-order valence-electron chi connectivity index (χ1n) is 7.81. The van der Waals surface area contributed by atoms with Crippen molar-refractivity contribution in [1.29, 1.82) is 0 Å². The molecule has 26 heavy (non-hydrogen) atoms. The van der Waals surface area contributed by atoms with Gasteiger partial charge in [0.25, 0.3) is 5.91 Å². The standard InChI is InChI=1S/C18H15ClFNO5/c19-13-7-12(8-15-17(13)26-10-25-15)18(23)24-9-16(22)21-6-5-11-3-1-2-4-14(11)20/h1-4,7-8H,5-6,9-10H2,(H,21,22). The van der Waals surface area contributed by atoms with Crippen LogP contribution in [-0.4, -0.2) is 31.8 Å². The molecule has 2 aromatic carbocycles. The molecule has 0 saturated heterocycles. The van der Waals surface area contributed by atoms with E-state index in [0.29, 0.717) is 23.5 Å². The Kier molecular flexibility index (Phi) is 5.58. The number of halogens is 2. The molecule has 0 unspecified atom stereocenters. The normalized spacial score (nSPS) is 11.9. The van der Waals surface area contributed by atoms with Crippen LogP contribution in [0.25, 0.3) is 0 Å². The highest BCUT2D eigenvalue weighted by atomic mass is 35.5. The fourth-order valence-corrected chi connectivity index (χ4v) is 2.65. The van der Waals surface area contributed by atoms with E-state index in [4.69, 9.17) is 25.8 Å². The second kappa shape index (κ2) is 8.05. The summed E-state index contributed by atoms with van der Waals surface area (Å²) in [5, 5.41) is 2.79. The van der Waals surface area contributed by atoms with E-state index in [-0.39, 0.29) is 29.7 Å². The second-order valence-electron chi connectivity index (χ2n) is 5.46. The van der Waals surface area contributed by atoms with Crippen molar-refractivity contribution in [3.8, 4) is 11.5 Å². The van der Waals surface area contributed by atoms with Crippen molar-refractivity contribution in [2.24, 2.45) is 0 Å². The number of nitrogens with one attached hydrogen (secondary N) is 1. The molecule has 1 N–H and O–H groups in total. The average Bonchev–Trinajstić information content (AvgIpc) is 3.10. The molecular weight excluding hydrogens is 365 g/mol. The van der Waals surface area contributed by atoms with E-state index in [1.807, 2.05) is 0 Å². The Morgan fingerprint density at radius 1 is 1.23 bits per heavy atom. The van der Waals surface area contributed by atoms with E-state index in [1.54, 1.807) is 18.2 Å². The van der Waals surface area contributed by atoms with Gasteiger partial charge in [0.2, 0.25) is 6.79 Å². The quantitative estimate of drug-likeness (QED) is 0.781. The third-order valence-electron chi connectivity index (χ3n) is 3.67. The van der Waals surface area contributed by atoms with Crippen LogP contribution < -0.4 is 14.8 Å². The van der Waals surface area contributed by atoms with Gasteiger partial charge in [-0.15, -0.1) is 0 Å². The minimum Gasteiger partial charge on any atom is -0.454 e. The van der Waals surface area contributed by atoms with E-state index >= 15 is 0 Å². The summed E-state index contributed by atoms with van der Waals surface area (Å²) in [5.74, 6) is -0.809. The minimum atomic E-state index is -0.713. The Labute approximate surface area is 153 Å². The summed E-state index contributed by atoms with van der Waals surface area (Å²) < 4.78 is 28.8. The molecule has 8 heteroatoms. The van der Waals surface area contributed by atoms with E-state index < -0.39 is 18.5 Å². The number of carbonyl (C=O) groups excluding carboxylic acids is 2. The van der Waals surface area contributed by atoms with Crippen molar-refractivity contribution in [2.75, 3.05) is 19.9 Å². The van der Waals surface area contributed by atoms with Gasteiger partial charge in [-0.1, -0.05) is 29.8 Å². The van der Waals surface area contributed by atoms with Crippen molar-refractivity contribution in [3.63, 3.8) is 0 Å². The summed E-state index contributed by atoms with van der Waals surface area (Å²) in [6, 6.07) is 9.14. The number of benzene rings is 2. The molecule has 0 atom stereocenters. The lowest BCUT2D eigenvalue weighted by Gasteiger charge is -2.08. The predicted molar refractivity (Wildman–Crippen MR) is 91.0 cm³/mol. The molecule has 0 radical (unpaired) electrons. The first kappa shape index (κ1) is 18.0. The lowest BCUT2D eigenvalue weighted by Crippen LogP contribution is -2.30. The van der Waals surface area contributed by atoms with Crippen LogP contribution >= 0.6 is 11.6 Å². The zero-order valence-corrected chi connectivity index (χ0v) is 14.3. The maximum absolute atomic E-state index is 13.5.